The third-order valence-electron chi connectivity index (χ3n) is 5.28. The second-order valence-corrected chi connectivity index (χ2v) is 8.54. The maximum absolute atomic E-state index is 13.3. The minimum atomic E-state index is -0.532. The van der Waals surface area contributed by atoms with Crippen LogP contribution >= 0.6 is 11.8 Å². The first-order valence-corrected chi connectivity index (χ1v) is 11.2. The number of para-hydroxylation sites is 1. The average Bonchev–Trinajstić information content (AvgIpc) is 2.80. The summed E-state index contributed by atoms with van der Waals surface area (Å²) in [6.07, 6.45) is 0. The van der Waals surface area contributed by atoms with Crippen LogP contribution in [0.1, 0.15) is 21.5 Å². The fourth-order valence-electron chi connectivity index (χ4n) is 3.35. The molecule has 2 amide bonds. The van der Waals surface area contributed by atoms with Gasteiger partial charge in [-0.25, -0.2) is 4.98 Å². The maximum Gasteiger partial charge on any atom is 0.266 e. The fraction of sp³-hybridized carbons (Fsp3) is 0.120. The van der Waals surface area contributed by atoms with E-state index in [-0.39, 0.29) is 17.2 Å². The third-order valence-corrected chi connectivity index (χ3v) is 6.22. The number of hydrogen-bond donors (Lipinski definition) is 2. The topological polar surface area (TPSA) is 107 Å². The first-order valence-electron chi connectivity index (χ1n) is 10.3. The Bertz CT molecular complexity index is 1430. The molecule has 0 saturated carbocycles. The molecule has 0 atom stereocenters. The van der Waals surface area contributed by atoms with Crippen LogP contribution in [-0.2, 0) is 4.79 Å². The van der Waals surface area contributed by atoms with E-state index in [1.165, 1.54) is 11.8 Å². The summed E-state index contributed by atoms with van der Waals surface area (Å²) < 4.78 is 1.55. The van der Waals surface area contributed by atoms with Crippen LogP contribution in [0.3, 0.4) is 0 Å². The largest absolute Gasteiger partial charge is 0.366 e. The van der Waals surface area contributed by atoms with Crippen molar-refractivity contribution in [3.8, 4) is 5.69 Å². The summed E-state index contributed by atoms with van der Waals surface area (Å²) in [4.78, 5) is 41.8. The molecule has 4 aromatic rings. The normalized spacial score (nSPS) is 10.8. The Morgan fingerprint density at radius 2 is 1.73 bits per heavy atom. The molecule has 0 fully saturated rings. The lowest BCUT2D eigenvalue weighted by Gasteiger charge is -2.14. The number of nitrogens with zero attached hydrogens (tertiary/aromatic N) is 2. The molecule has 0 bridgehead atoms. The molecule has 3 aromatic carbocycles. The van der Waals surface area contributed by atoms with Crippen molar-refractivity contribution in [1.82, 2.24) is 9.55 Å². The fourth-order valence-corrected chi connectivity index (χ4v) is 4.16. The van der Waals surface area contributed by atoms with Gasteiger partial charge in [0, 0.05) is 11.3 Å². The zero-order valence-electron chi connectivity index (χ0n) is 18.2. The van der Waals surface area contributed by atoms with Crippen molar-refractivity contribution in [2.24, 2.45) is 5.73 Å². The number of aryl methyl sites for hydroxylation is 2. The van der Waals surface area contributed by atoms with Gasteiger partial charge in [0.1, 0.15) is 0 Å². The number of fused-ring (bicyclic) bond motifs is 1. The first-order chi connectivity index (χ1) is 15.8. The number of rotatable bonds is 6. The van der Waals surface area contributed by atoms with Crippen LogP contribution in [0, 0.1) is 13.8 Å². The SMILES string of the molecule is Cc1ccc(-n2c(SCC(=O)Nc3ccc(C(N)=O)cc3)nc3ccccc3c2=O)cc1C. The van der Waals surface area contributed by atoms with Crippen LogP contribution in [0.4, 0.5) is 5.69 Å². The van der Waals surface area contributed by atoms with Gasteiger partial charge in [0.2, 0.25) is 11.8 Å². The van der Waals surface area contributed by atoms with Gasteiger partial charge in [-0.3, -0.25) is 19.0 Å². The number of carbonyl (C=O) groups is 2. The Kier molecular flexibility index (Phi) is 6.28. The minimum Gasteiger partial charge on any atom is -0.366 e. The van der Waals surface area contributed by atoms with Crippen LogP contribution < -0.4 is 16.6 Å². The van der Waals surface area contributed by atoms with Crippen molar-refractivity contribution in [2.45, 2.75) is 19.0 Å². The Balaban J connectivity index is 1.63. The molecule has 3 N–H and O–H groups in total. The van der Waals surface area contributed by atoms with E-state index in [1.807, 2.05) is 38.1 Å². The molecule has 0 spiro atoms. The molecule has 7 nitrogen and oxygen atoms in total. The van der Waals surface area contributed by atoms with Crippen molar-refractivity contribution in [3.05, 3.63) is 93.8 Å². The van der Waals surface area contributed by atoms with Gasteiger partial charge >= 0.3 is 0 Å². The van der Waals surface area contributed by atoms with Gasteiger partial charge in [-0.2, -0.15) is 0 Å². The Morgan fingerprint density at radius 1 is 1.00 bits per heavy atom. The van der Waals surface area contributed by atoms with Gasteiger partial charge in [-0.05, 0) is 73.5 Å². The number of thioether (sulfide) groups is 1. The van der Waals surface area contributed by atoms with E-state index in [9.17, 15) is 14.4 Å². The number of benzene rings is 3. The highest BCUT2D eigenvalue weighted by Gasteiger charge is 2.15. The summed E-state index contributed by atoms with van der Waals surface area (Å²) in [5.74, 6) is -0.747. The van der Waals surface area contributed by atoms with Crippen molar-refractivity contribution >= 4 is 40.2 Å². The van der Waals surface area contributed by atoms with Crippen molar-refractivity contribution in [1.29, 1.82) is 0 Å². The van der Waals surface area contributed by atoms with Crippen LogP contribution in [0.2, 0.25) is 0 Å². The zero-order chi connectivity index (χ0) is 23.5. The van der Waals surface area contributed by atoms with Crippen LogP contribution in [0.5, 0.6) is 0 Å². The molecule has 166 valence electrons. The van der Waals surface area contributed by atoms with Gasteiger partial charge in [0.05, 0.1) is 22.3 Å². The van der Waals surface area contributed by atoms with E-state index in [2.05, 4.69) is 10.3 Å². The monoisotopic (exact) mass is 458 g/mol. The number of amides is 2. The second-order valence-electron chi connectivity index (χ2n) is 7.60. The third kappa shape index (κ3) is 4.80. The predicted octanol–water partition coefficient (Wildman–Crippen LogP) is 3.83. The molecular weight excluding hydrogens is 436 g/mol. The Labute approximate surface area is 194 Å². The lowest BCUT2D eigenvalue weighted by Crippen LogP contribution is -2.23. The Morgan fingerprint density at radius 3 is 2.42 bits per heavy atom. The van der Waals surface area contributed by atoms with Gasteiger partial charge in [-0.15, -0.1) is 0 Å². The second kappa shape index (κ2) is 9.30. The van der Waals surface area contributed by atoms with Gasteiger partial charge < -0.3 is 11.1 Å². The van der Waals surface area contributed by atoms with E-state index >= 15 is 0 Å². The number of aromatic nitrogens is 2. The molecule has 1 aromatic heterocycles. The van der Waals surface area contributed by atoms with Crippen molar-refractivity contribution < 1.29 is 9.59 Å². The Hall–Kier alpha value is -3.91. The number of hydrogen-bond acceptors (Lipinski definition) is 5. The summed E-state index contributed by atoms with van der Waals surface area (Å²) in [7, 11) is 0. The lowest BCUT2D eigenvalue weighted by atomic mass is 10.1. The van der Waals surface area contributed by atoms with Gasteiger partial charge in [-0.1, -0.05) is 30.0 Å². The van der Waals surface area contributed by atoms with E-state index in [4.69, 9.17) is 5.73 Å². The molecule has 33 heavy (non-hydrogen) atoms. The quantitative estimate of drug-likeness (QED) is 0.337. The highest BCUT2D eigenvalue weighted by Crippen LogP contribution is 2.23. The number of primary amides is 1. The number of anilines is 1. The number of nitrogens with one attached hydrogen (secondary N) is 1. The summed E-state index contributed by atoms with van der Waals surface area (Å²) in [6.45, 7) is 4.00. The molecule has 4 rings (SSSR count). The minimum absolute atomic E-state index is 0.0488. The van der Waals surface area contributed by atoms with Crippen molar-refractivity contribution in [3.63, 3.8) is 0 Å². The van der Waals surface area contributed by atoms with Crippen LogP contribution in [0.25, 0.3) is 16.6 Å². The van der Waals surface area contributed by atoms with Crippen LogP contribution in [0.15, 0.2) is 76.7 Å². The lowest BCUT2D eigenvalue weighted by molar-refractivity contribution is -0.113. The standard InChI is InChI=1S/C25H22N4O3S/c1-15-7-12-19(13-16(15)2)29-24(32)20-5-3-4-6-21(20)28-25(29)33-14-22(30)27-18-10-8-17(9-11-18)23(26)31/h3-13H,14H2,1-2H3,(H2,26,31)(H,27,30). The summed E-state index contributed by atoms with van der Waals surface area (Å²) >= 11 is 1.18. The zero-order valence-corrected chi connectivity index (χ0v) is 19.0. The highest BCUT2D eigenvalue weighted by molar-refractivity contribution is 7.99. The maximum atomic E-state index is 13.3. The van der Waals surface area contributed by atoms with E-state index in [0.29, 0.717) is 33.0 Å². The summed E-state index contributed by atoms with van der Waals surface area (Å²) in [5, 5.41) is 3.72. The highest BCUT2D eigenvalue weighted by atomic mass is 32.2. The molecular formula is C25H22N4O3S. The van der Waals surface area contributed by atoms with E-state index < -0.39 is 5.91 Å². The van der Waals surface area contributed by atoms with Gasteiger partial charge in [0.15, 0.2) is 5.16 Å². The molecule has 0 aliphatic carbocycles. The predicted molar refractivity (Wildman–Crippen MR) is 131 cm³/mol. The van der Waals surface area contributed by atoms with E-state index in [0.717, 1.165) is 11.1 Å². The first kappa shape index (κ1) is 22.3. The number of nitrogens with two attached hydrogens (primary N) is 1. The average molecular weight is 459 g/mol. The molecule has 0 radical (unpaired) electrons. The molecule has 0 unspecified atom stereocenters. The molecule has 1 heterocycles. The molecule has 0 saturated heterocycles. The molecule has 8 heteroatoms. The molecule has 0 aliphatic heterocycles. The summed E-state index contributed by atoms with van der Waals surface area (Å²) in [5.41, 5.74) is 9.42. The summed E-state index contributed by atoms with van der Waals surface area (Å²) in [6, 6.07) is 19.3. The number of carbonyl (C=O) groups excluding carboxylic acids is 2. The van der Waals surface area contributed by atoms with E-state index in [1.54, 1.807) is 47.0 Å². The van der Waals surface area contributed by atoms with Crippen molar-refractivity contribution in [2.75, 3.05) is 11.1 Å². The molecule has 0 aliphatic rings. The van der Waals surface area contributed by atoms with Gasteiger partial charge in [0.25, 0.3) is 5.56 Å². The smallest absolute Gasteiger partial charge is 0.266 e. The van der Waals surface area contributed by atoms with Crippen LogP contribution in [-0.4, -0.2) is 27.1 Å².